The third-order valence-electron chi connectivity index (χ3n) is 5.74. The number of Topliss-reactive ketones (excluding diaryl/α,β-unsaturated/α-hetero) is 2. The highest BCUT2D eigenvalue weighted by atomic mass is 19.1. The van der Waals surface area contributed by atoms with Crippen LogP contribution in [0, 0.1) is 25.6 Å². The van der Waals surface area contributed by atoms with E-state index in [0.717, 1.165) is 39.8 Å². The number of imide groups is 1. The Morgan fingerprint density at radius 3 is 2.39 bits per heavy atom. The van der Waals surface area contributed by atoms with Crippen LogP contribution in [0.1, 0.15) is 39.9 Å². The fourth-order valence-corrected chi connectivity index (χ4v) is 3.90. The van der Waals surface area contributed by atoms with Gasteiger partial charge in [0.1, 0.15) is 17.5 Å². The molecule has 2 aromatic rings. The molecule has 7 heteroatoms. The van der Waals surface area contributed by atoms with Gasteiger partial charge in [0, 0.05) is 23.6 Å². The molecule has 1 aliphatic rings. The van der Waals surface area contributed by atoms with E-state index in [-0.39, 0.29) is 24.1 Å². The van der Waals surface area contributed by atoms with Crippen molar-refractivity contribution in [1.82, 2.24) is 10.2 Å². The zero-order chi connectivity index (χ0) is 24.1. The van der Waals surface area contributed by atoms with Crippen LogP contribution in [0.3, 0.4) is 0 Å². The number of carbonyl (C=O) groups is 4. The monoisotopic (exact) mass is 450 g/mol. The molecule has 2 amide bonds. The molecule has 1 heterocycles. The van der Waals surface area contributed by atoms with Crippen molar-refractivity contribution in [2.45, 2.75) is 33.2 Å². The molecular weight excluding hydrogens is 423 g/mol. The van der Waals surface area contributed by atoms with Crippen molar-refractivity contribution in [3.8, 4) is 0 Å². The first-order valence-electron chi connectivity index (χ1n) is 10.8. The molecule has 6 nitrogen and oxygen atoms in total. The first-order chi connectivity index (χ1) is 15.7. The maximum atomic E-state index is 13.3. The van der Waals surface area contributed by atoms with Crippen LogP contribution in [-0.4, -0.2) is 41.9 Å². The normalized spacial score (nSPS) is 14.4. The van der Waals surface area contributed by atoms with Gasteiger partial charge in [-0.3, -0.25) is 24.1 Å². The van der Waals surface area contributed by atoms with E-state index in [0.29, 0.717) is 13.0 Å². The zero-order valence-corrected chi connectivity index (χ0v) is 19.0. The summed E-state index contributed by atoms with van der Waals surface area (Å²) in [7, 11) is 1.75. The molecular formula is C26H27FN2O4. The van der Waals surface area contributed by atoms with E-state index < -0.39 is 35.1 Å². The SMILES string of the molecule is CNCCCC(=O)C(C(=O)c1ccc(F)cc1)C1=CC(=O)N(Cc2ccc(C)cc2C)C1=O. The van der Waals surface area contributed by atoms with Crippen molar-refractivity contribution in [3.63, 3.8) is 0 Å². The number of hydrogen-bond donors (Lipinski definition) is 1. The van der Waals surface area contributed by atoms with Gasteiger partial charge < -0.3 is 5.32 Å². The number of rotatable bonds is 10. The molecule has 0 radical (unpaired) electrons. The van der Waals surface area contributed by atoms with Gasteiger partial charge in [0.15, 0.2) is 5.78 Å². The van der Waals surface area contributed by atoms with Gasteiger partial charge in [-0.1, -0.05) is 23.8 Å². The van der Waals surface area contributed by atoms with E-state index >= 15 is 0 Å². The predicted molar refractivity (Wildman–Crippen MR) is 122 cm³/mol. The molecule has 3 rings (SSSR count). The van der Waals surface area contributed by atoms with Gasteiger partial charge in [0.2, 0.25) is 0 Å². The van der Waals surface area contributed by atoms with Crippen molar-refractivity contribution in [2.75, 3.05) is 13.6 Å². The number of nitrogens with zero attached hydrogens (tertiary/aromatic N) is 1. The summed E-state index contributed by atoms with van der Waals surface area (Å²) in [6.07, 6.45) is 1.63. The van der Waals surface area contributed by atoms with Gasteiger partial charge >= 0.3 is 0 Å². The van der Waals surface area contributed by atoms with E-state index in [9.17, 15) is 23.6 Å². The Morgan fingerprint density at radius 2 is 1.76 bits per heavy atom. The number of benzene rings is 2. The fraction of sp³-hybridized carbons (Fsp3) is 0.308. The lowest BCUT2D eigenvalue weighted by molar-refractivity contribution is -0.138. The minimum atomic E-state index is -1.41. The van der Waals surface area contributed by atoms with E-state index in [4.69, 9.17) is 0 Å². The third kappa shape index (κ3) is 5.49. The number of nitrogens with one attached hydrogen (secondary N) is 1. The number of aryl methyl sites for hydroxylation is 2. The summed E-state index contributed by atoms with van der Waals surface area (Å²) in [5, 5.41) is 2.94. The minimum Gasteiger partial charge on any atom is -0.320 e. The molecule has 0 aliphatic carbocycles. The van der Waals surface area contributed by atoms with Crippen molar-refractivity contribution in [1.29, 1.82) is 0 Å². The molecule has 0 aromatic heterocycles. The minimum absolute atomic E-state index is 0.0508. The van der Waals surface area contributed by atoms with Crippen LogP contribution in [0.4, 0.5) is 4.39 Å². The summed E-state index contributed by atoms with van der Waals surface area (Å²) in [6, 6.07) is 10.5. The van der Waals surface area contributed by atoms with Crippen LogP contribution in [0.25, 0.3) is 0 Å². The second-order valence-electron chi connectivity index (χ2n) is 8.24. The van der Waals surface area contributed by atoms with Crippen molar-refractivity contribution in [3.05, 3.63) is 82.2 Å². The molecule has 172 valence electrons. The maximum absolute atomic E-state index is 13.3. The van der Waals surface area contributed by atoms with Crippen molar-refractivity contribution in [2.24, 2.45) is 5.92 Å². The van der Waals surface area contributed by atoms with Gasteiger partial charge in [-0.25, -0.2) is 4.39 Å². The third-order valence-corrected chi connectivity index (χ3v) is 5.74. The second-order valence-corrected chi connectivity index (χ2v) is 8.24. The molecule has 0 saturated heterocycles. The highest BCUT2D eigenvalue weighted by Crippen LogP contribution is 2.28. The molecule has 1 atom stereocenters. The Labute approximate surface area is 192 Å². The highest BCUT2D eigenvalue weighted by molar-refractivity contribution is 6.24. The summed E-state index contributed by atoms with van der Waals surface area (Å²) in [5.41, 5.74) is 2.78. The van der Waals surface area contributed by atoms with Crippen LogP contribution >= 0.6 is 0 Å². The molecule has 0 bridgehead atoms. The van der Waals surface area contributed by atoms with Gasteiger partial charge in [-0.05, 0) is 69.3 Å². The second kappa shape index (κ2) is 10.4. The predicted octanol–water partition coefficient (Wildman–Crippen LogP) is 3.31. The van der Waals surface area contributed by atoms with E-state index in [1.165, 1.54) is 12.1 Å². The summed E-state index contributed by atoms with van der Waals surface area (Å²) < 4.78 is 13.3. The Balaban J connectivity index is 1.90. The fourth-order valence-electron chi connectivity index (χ4n) is 3.90. The van der Waals surface area contributed by atoms with Crippen LogP contribution < -0.4 is 5.32 Å². The lowest BCUT2D eigenvalue weighted by atomic mass is 9.85. The van der Waals surface area contributed by atoms with Gasteiger partial charge in [-0.15, -0.1) is 0 Å². The van der Waals surface area contributed by atoms with E-state index in [1.54, 1.807) is 7.05 Å². The summed E-state index contributed by atoms with van der Waals surface area (Å²) in [4.78, 5) is 53.3. The van der Waals surface area contributed by atoms with Crippen molar-refractivity contribution < 1.29 is 23.6 Å². The topological polar surface area (TPSA) is 83.6 Å². The summed E-state index contributed by atoms with van der Waals surface area (Å²) in [5.74, 6) is -4.20. The molecule has 0 fully saturated rings. The van der Waals surface area contributed by atoms with Crippen molar-refractivity contribution >= 4 is 23.4 Å². The molecule has 1 aliphatic heterocycles. The molecule has 33 heavy (non-hydrogen) atoms. The van der Waals surface area contributed by atoms with Crippen LogP contribution in [-0.2, 0) is 20.9 Å². The van der Waals surface area contributed by atoms with E-state index in [2.05, 4.69) is 5.32 Å². The summed E-state index contributed by atoms with van der Waals surface area (Å²) >= 11 is 0. The van der Waals surface area contributed by atoms with Crippen LogP contribution in [0.2, 0.25) is 0 Å². The molecule has 1 N–H and O–H groups in total. The molecule has 1 unspecified atom stereocenters. The number of halogens is 1. The van der Waals surface area contributed by atoms with E-state index in [1.807, 2.05) is 32.0 Å². The Morgan fingerprint density at radius 1 is 1.06 bits per heavy atom. The smallest absolute Gasteiger partial charge is 0.258 e. The zero-order valence-electron chi connectivity index (χ0n) is 19.0. The first kappa shape index (κ1) is 24.2. The Bertz CT molecular complexity index is 1120. The quantitative estimate of drug-likeness (QED) is 0.260. The number of ketones is 2. The number of amides is 2. The average Bonchev–Trinajstić information content (AvgIpc) is 3.04. The maximum Gasteiger partial charge on any atom is 0.258 e. The standard InChI is InChI=1S/C26H27FN2O4/c1-16-6-7-19(17(2)13-16)15-29-23(31)14-21(26(29)33)24(22(30)5-4-12-28-3)25(32)18-8-10-20(27)11-9-18/h6-11,13-14,24,28H,4-5,12,15H2,1-3H3. The van der Waals surface area contributed by atoms with Crippen LogP contribution in [0.5, 0.6) is 0 Å². The van der Waals surface area contributed by atoms with Gasteiger partial charge in [0.05, 0.1) is 6.54 Å². The molecule has 0 spiro atoms. The van der Waals surface area contributed by atoms with Gasteiger partial charge in [0.25, 0.3) is 11.8 Å². The average molecular weight is 451 g/mol. The van der Waals surface area contributed by atoms with Gasteiger partial charge in [-0.2, -0.15) is 0 Å². The van der Waals surface area contributed by atoms with Crippen LogP contribution in [0.15, 0.2) is 54.1 Å². The lowest BCUT2D eigenvalue weighted by Gasteiger charge is -2.20. The Kier molecular flexibility index (Phi) is 7.66. The highest BCUT2D eigenvalue weighted by Gasteiger charge is 2.41. The molecule has 2 aromatic carbocycles. The first-order valence-corrected chi connectivity index (χ1v) is 10.8. The number of carbonyl (C=O) groups excluding carboxylic acids is 4. The number of hydrogen-bond acceptors (Lipinski definition) is 5. The summed E-state index contributed by atoms with van der Waals surface area (Å²) in [6.45, 7) is 4.46. The molecule has 0 saturated carbocycles. The largest absolute Gasteiger partial charge is 0.320 e. The lowest BCUT2D eigenvalue weighted by Crippen LogP contribution is -2.35. The Hall–Kier alpha value is -3.45.